The molecule has 0 bridgehead atoms. The minimum absolute atomic E-state index is 0.0386. The Balaban J connectivity index is 1.48. The van der Waals surface area contributed by atoms with Crippen molar-refractivity contribution in [3.63, 3.8) is 0 Å². The average Bonchev–Trinajstić information content (AvgIpc) is 3.11. The van der Waals surface area contributed by atoms with Gasteiger partial charge in [-0.3, -0.25) is 4.79 Å². The zero-order valence-corrected chi connectivity index (χ0v) is 15.6. The van der Waals surface area contributed by atoms with Gasteiger partial charge in [0.25, 0.3) is 0 Å². The first-order valence-electron chi connectivity index (χ1n) is 10.5. The minimum Gasteiger partial charge on any atom is -0.393 e. The summed E-state index contributed by atoms with van der Waals surface area (Å²) in [6.45, 7) is 6.87. The molecule has 5 aliphatic carbocycles. The molecular weight excluding hydrogens is 296 g/mol. The molecule has 0 aliphatic heterocycles. The number of carbonyl (C=O) groups excluding carboxylic acids is 1. The lowest BCUT2D eigenvalue weighted by Gasteiger charge is -2.56. The number of ketones is 1. The van der Waals surface area contributed by atoms with Gasteiger partial charge >= 0.3 is 0 Å². The molecule has 5 rings (SSSR count). The first-order valence-corrected chi connectivity index (χ1v) is 10.5. The second-order valence-electron chi connectivity index (χ2n) is 10.7. The predicted octanol–water partition coefficient (Wildman–Crippen LogP) is 4.45. The van der Waals surface area contributed by atoms with Crippen LogP contribution in [-0.2, 0) is 4.79 Å². The van der Waals surface area contributed by atoms with Crippen molar-refractivity contribution in [3.05, 3.63) is 0 Å². The Hall–Kier alpha value is -0.370. The van der Waals surface area contributed by atoms with E-state index in [-0.39, 0.29) is 11.5 Å². The van der Waals surface area contributed by atoms with Crippen LogP contribution in [0.15, 0.2) is 0 Å². The molecule has 5 aliphatic rings. The molecule has 0 spiro atoms. The van der Waals surface area contributed by atoms with Gasteiger partial charge in [0.2, 0.25) is 0 Å². The maximum atomic E-state index is 12.2. The Bertz CT molecular complexity index is 570. The fourth-order valence-electron chi connectivity index (χ4n) is 8.99. The molecule has 0 saturated heterocycles. The molecule has 2 heteroatoms. The molecule has 24 heavy (non-hydrogen) atoms. The van der Waals surface area contributed by atoms with Gasteiger partial charge in [-0.2, -0.15) is 0 Å². The van der Waals surface area contributed by atoms with Crippen LogP contribution in [0.1, 0.15) is 72.1 Å². The molecule has 5 fully saturated rings. The number of fused-ring (bicyclic) bond motifs is 5. The van der Waals surface area contributed by atoms with Gasteiger partial charge < -0.3 is 5.11 Å². The van der Waals surface area contributed by atoms with Crippen LogP contribution < -0.4 is 0 Å². The Kier molecular flexibility index (Phi) is 3.22. The molecule has 10 unspecified atom stereocenters. The van der Waals surface area contributed by atoms with Crippen molar-refractivity contribution in [3.8, 4) is 0 Å². The van der Waals surface area contributed by atoms with E-state index in [1.807, 2.05) is 6.92 Å². The van der Waals surface area contributed by atoms with E-state index in [1.54, 1.807) is 0 Å². The SMILES string of the molecule is CC(=O)C1CCC2C3CC4C5CC(O)CCC(C)(C3CCC12C)C54. The van der Waals surface area contributed by atoms with Crippen molar-refractivity contribution < 1.29 is 9.90 Å². The van der Waals surface area contributed by atoms with Gasteiger partial charge in [-0.25, -0.2) is 0 Å². The van der Waals surface area contributed by atoms with E-state index < -0.39 is 0 Å². The van der Waals surface area contributed by atoms with E-state index in [4.69, 9.17) is 0 Å². The summed E-state index contributed by atoms with van der Waals surface area (Å²) in [5, 5.41) is 10.3. The van der Waals surface area contributed by atoms with Gasteiger partial charge in [0.1, 0.15) is 5.78 Å². The predicted molar refractivity (Wildman–Crippen MR) is 94.3 cm³/mol. The topological polar surface area (TPSA) is 37.3 Å². The lowest BCUT2D eigenvalue weighted by atomic mass is 9.48. The van der Waals surface area contributed by atoms with Crippen LogP contribution in [0.4, 0.5) is 0 Å². The van der Waals surface area contributed by atoms with Gasteiger partial charge in [0, 0.05) is 5.92 Å². The molecule has 0 aromatic rings. The monoisotopic (exact) mass is 330 g/mol. The number of rotatable bonds is 1. The number of hydrogen-bond donors (Lipinski definition) is 1. The van der Waals surface area contributed by atoms with Crippen molar-refractivity contribution in [1.82, 2.24) is 0 Å². The quantitative estimate of drug-likeness (QED) is 0.771. The van der Waals surface area contributed by atoms with Crippen LogP contribution in [0.25, 0.3) is 0 Å². The summed E-state index contributed by atoms with van der Waals surface area (Å²) in [7, 11) is 0. The van der Waals surface area contributed by atoms with Crippen LogP contribution in [0.5, 0.6) is 0 Å². The van der Waals surface area contributed by atoms with E-state index in [0.717, 1.165) is 54.8 Å². The molecule has 2 nitrogen and oxygen atoms in total. The van der Waals surface area contributed by atoms with Crippen LogP contribution in [0.2, 0.25) is 0 Å². The highest BCUT2D eigenvalue weighted by Gasteiger charge is 2.70. The highest BCUT2D eigenvalue weighted by atomic mass is 16.3. The maximum absolute atomic E-state index is 12.2. The van der Waals surface area contributed by atoms with E-state index >= 15 is 0 Å². The Labute approximate surface area is 146 Å². The second kappa shape index (κ2) is 4.87. The molecule has 0 amide bonds. The highest BCUT2D eigenvalue weighted by Crippen LogP contribution is 2.75. The summed E-state index contributed by atoms with van der Waals surface area (Å²) >= 11 is 0. The number of hydrogen-bond acceptors (Lipinski definition) is 2. The lowest BCUT2D eigenvalue weighted by molar-refractivity contribution is -0.129. The van der Waals surface area contributed by atoms with Crippen molar-refractivity contribution in [2.24, 2.45) is 52.3 Å². The molecule has 0 aromatic carbocycles. The summed E-state index contributed by atoms with van der Waals surface area (Å²) in [6.07, 6.45) is 9.76. The van der Waals surface area contributed by atoms with E-state index in [1.165, 1.54) is 32.1 Å². The zero-order chi connectivity index (χ0) is 16.9. The highest BCUT2D eigenvalue weighted by molar-refractivity contribution is 5.79. The standard InChI is InChI=1S/C22H34O2/c1-12(23)17-4-5-18-16-11-15-14-10-13(24)6-8-22(3,20(14)15)19(16)7-9-21(17,18)2/h13-20,24H,4-11H2,1-3H3. The van der Waals surface area contributed by atoms with Gasteiger partial charge in [-0.1, -0.05) is 13.8 Å². The summed E-state index contributed by atoms with van der Waals surface area (Å²) < 4.78 is 0. The van der Waals surface area contributed by atoms with Crippen molar-refractivity contribution >= 4 is 5.78 Å². The number of carbonyl (C=O) groups is 1. The van der Waals surface area contributed by atoms with Crippen LogP contribution >= 0.6 is 0 Å². The maximum Gasteiger partial charge on any atom is 0.133 e. The fourth-order valence-corrected chi connectivity index (χ4v) is 8.99. The summed E-state index contributed by atoms with van der Waals surface area (Å²) in [6, 6.07) is 0. The summed E-state index contributed by atoms with van der Waals surface area (Å²) in [5.74, 6) is 5.90. The van der Waals surface area contributed by atoms with Gasteiger partial charge in [0.15, 0.2) is 0 Å². The van der Waals surface area contributed by atoms with E-state index in [2.05, 4.69) is 13.8 Å². The number of Topliss-reactive ketones (excluding diaryl/α,β-unsaturated/α-hetero) is 1. The Morgan fingerprint density at radius 3 is 2.29 bits per heavy atom. The minimum atomic E-state index is -0.0386. The molecule has 134 valence electrons. The third kappa shape index (κ3) is 1.85. The Morgan fingerprint density at radius 1 is 0.875 bits per heavy atom. The van der Waals surface area contributed by atoms with E-state index in [0.29, 0.717) is 17.1 Å². The average molecular weight is 331 g/mol. The third-order valence-electron chi connectivity index (χ3n) is 9.97. The van der Waals surface area contributed by atoms with Crippen molar-refractivity contribution in [2.45, 2.75) is 78.2 Å². The smallest absolute Gasteiger partial charge is 0.133 e. The van der Waals surface area contributed by atoms with Crippen molar-refractivity contribution in [1.29, 1.82) is 0 Å². The van der Waals surface area contributed by atoms with Crippen LogP contribution in [0, 0.1) is 52.3 Å². The molecule has 0 radical (unpaired) electrons. The van der Waals surface area contributed by atoms with Crippen LogP contribution in [0.3, 0.4) is 0 Å². The lowest BCUT2D eigenvalue weighted by Crippen LogP contribution is -2.50. The summed E-state index contributed by atoms with van der Waals surface area (Å²) in [5.41, 5.74) is 0.764. The molecular formula is C22H34O2. The Morgan fingerprint density at radius 2 is 1.54 bits per heavy atom. The number of aliphatic hydroxyl groups is 1. The van der Waals surface area contributed by atoms with Gasteiger partial charge in [-0.05, 0) is 105 Å². The molecule has 10 atom stereocenters. The second-order valence-corrected chi connectivity index (χ2v) is 10.7. The molecule has 0 heterocycles. The zero-order valence-electron chi connectivity index (χ0n) is 15.6. The molecule has 0 aromatic heterocycles. The largest absolute Gasteiger partial charge is 0.393 e. The normalized spacial score (nSPS) is 61.3. The number of aliphatic hydroxyl groups excluding tert-OH is 1. The van der Waals surface area contributed by atoms with Crippen LogP contribution in [-0.4, -0.2) is 17.0 Å². The van der Waals surface area contributed by atoms with Crippen molar-refractivity contribution in [2.75, 3.05) is 0 Å². The summed E-state index contributed by atoms with van der Waals surface area (Å²) in [4.78, 5) is 12.2. The van der Waals surface area contributed by atoms with E-state index in [9.17, 15) is 9.90 Å². The first-order chi connectivity index (χ1) is 11.4. The molecule has 5 saturated carbocycles. The molecule has 1 N–H and O–H groups in total. The van der Waals surface area contributed by atoms with Gasteiger partial charge in [-0.15, -0.1) is 0 Å². The third-order valence-corrected chi connectivity index (χ3v) is 9.97. The van der Waals surface area contributed by atoms with Gasteiger partial charge in [0.05, 0.1) is 6.10 Å². The first kappa shape index (κ1) is 15.9. The fraction of sp³-hybridized carbons (Fsp3) is 0.955.